The molecule has 0 amide bonds. The lowest BCUT2D eigenvalue weighted by Gasteiger charge is -2.10. The van der Waals surface area contributed by atoms with Crippen LogP contribution in [0.2, 0.25) is 0 Å². The highest BCUT2D eigenvalue weighted by Gasteiger charge is 2.19. The maximum atomic E-state index is 11.4. The van der Waals surface area contributed by atoms with Crippen molar-refractivity contribution >= 4 is 22.6 Å². The van der Waals surface area contributed by atoms with Crippen LogP contribution in [0.25, 0.3) is 11.0 Å². The number of nitrogens with two attached hydrogens (primary N) is 1. The molecule has 2 aromatic rings. The molecule has 0 aliphatic rings. The number of benzene rings is 1. The minimum atomic E-state index is -1.15. The Balaban J connectivity index is 2.96. The van der Waals surface area contributed by atoms with Crippen molar-refractivity contribution in [2.75, 3.05) is 12.8 Å². The van der Waals surface area contributed by atoms with Gasteiger partial charge in [-0.2, -0.15) is 0 Å². The number of hydrogen-bond donors (Lipinski definition) is 2. The van der Waals surface area contributed by atoms with Crippen LogP contribution < -0.4 is 16.1 Å². The lowest BCUT2D eigenvalue weighted by atomic mass is 10.0. The van der Waals surface area contributed by atoms with Crippen molar-refractivity contribution in [1.82, 2.24) is 0 Å². The number of fused-ring (bicyclic) bond motifs is 1. The van der Waals surface area contributed by atoms with Crippen LogP contribution in [0.5, 0.6) is 5.75 Å². The predicted octanol–water partition coefficient (Wildman–Crippen LogP) is 1.39. The van der Waals surface area contributed by atoms with Gasteiger partial charge in [-0.1, -0.05) is 0 Å². The third-order valence-electron chi connectivity index (χ3n) is 2.69. The zero-order chi connectivity index (χ0) is 13.4. The van der Waals surface area contributed by atoms with Crippen LogP contribution in [0.15, 0.2) is 21.3 Å². The first-order valence-electron chi connectivity index (χ1n) is 5.10. The molecule has 0 radical (unpaired) electrons. The summed E-state index contributed by atoms with van der Waals surface area (Å²) in [5.74, 6) is -0.952. The van der Waals surface area contributed by atoms with Crippen molar-refractivity contribution in [2.24, 2.45) is 0 Å². The molecule has 0 fully saturated rings. The number of nitrogen functional groups attached to an aromatic ring is 1. The quantitative estimate of drug-likeness (QED) is 0.779. The maximum Gasteiger partial charge on any atom is 0.359 e. The number of ether oxygens (including phenoxy) is 1. The Hall–Kier alpha value is -2.50. The van der Waals surface area contributed by atoms with Gasteiger partial charge in [0.25, 0.3) is 0 Å². The van der Waals surface area contributed by atoms with E-state index in [1.54, 1.807) is 6.92 Å². The molecular formula is C12H11NO5. The molecule has 1 aromatic carbocycles. The summed E-state index contributed by atoms with van der Waals surface area (Å²) in [6.07, 6.45) is 0. The van der Waals surface area contributed by atoms with E-state index < -0.39 is 11.6 Å². The third kappa shape index (κ3) is 1.67. The fraction of sp³-hybridized carbons (Fsp3) is 0.167. The summed E-state index contributed by atoms with van der Waals surface area (Å²) in [7, 11) is 1.37. The zero-order valence-electron chi connectivity index (χ0n) is 9.81. The Morgan fingerprint density at radius 3 is 2.67 bits per heavy atom. The number of aryl methyl sites for hydroxylation is 1. The SMILES string of the molecule is COc1cc2cc(N)c(=O)oc2c(C)c1C(=O)O. The van der Waals surface area contributed by atoms with E-state index in [0.717, 1.165) is 0 Å². The van der Waals surface area contributed by atoms with Crippen molar-refractivity contribution in [3.05, 3.63) is 33.7 Å². The fourth-order valence-corrected chi connectivity index (χ4v) is 1.84. The van der Waals surface area contributed by atoms with Gasteiger partial charge in [0.2, 0.25) is 0 Å². The largest absolute Gasteiger partial charge is 0.496 e. The first kappa shape index (κ1) is 12.0. The molecule has 6 heteroatoms. The second-order valence-electron chi connectivity index (χ2n) is 3.79. The Bertz CT molecular complexity index is 702. The highest BCUT2D eigenvalue weighted by atomic mass is 16.5. The van der Waals surface area contributed by atoms with Gasteiger partial charge in [-0.05, 0) is 19.1 Å². The van der Waals surface area contributed by atoms with Crippen molar-refractivity contribution in [3.8, 4) is 5.75 Å². The second-order valence-corrected chi connectivity index (χ2v) is 3.79. The summed E-state index contributed by atoms with van der Waals surface area (Å²) in [5, 5.41) is 9.66. The Morgan fingerprint density at radius 2 is 2.11 bits per heavy atom. The van der Waals surface area contributed by atoms with E-state index in [-0.39, 0.29) is 22.6 Å². The van der Waals surface area contributed by atoms with E-state index in [4.69, 9.17) is 20.0 Å². The van der Waals surface area contributed by atoms with Crippen LogP contribution in [0.1, 0.15) is 15.9 Å². The van der Waals surface area contributed by atoms with Gasteiger partial charge in [-0.15, -0.1) is 0 Å². The lowest BCUT2D eigenvalue weighted by Crippen LogP contribution is -2.09. The summed E-state index contributed by atoms with van der Waals surface area (Å²) in [5.41, 5.74) is 5.24. The highest BCUT2D eigenvalue weighted by molar-refractivity contribution is 5.99. The summed E-state index contributed by atoms with van der Waals surface area (Å²) < 4.78 is 10.0. The van der Waals surface area contributed by atoms with E-state index in [0.29, 0.717) is 10.9 Å². The molecular weight excluding hydrogens is 238 g/mol. The standard InChI is InChI=1S/C12H11NO5/c1-5-9(11(14)15)8(17-2)4-6-3-7(13)12(16)18-10(5)6/h3-4H,13H2,1-2H3,(H,14,15). The van der Waals surface area contributed by atoms with Crippen molar-refractivity contribution < 1.29 is 19.1 Å². The number of methoxy groups -OCH3 is 1. The Labute approximate surface area is 102 Å². The molecule has 6 nitrogen and oxygen atoms in total. The highest BCUT2D eigenvalue weighted by Crippen LogP contribution is 2.30. The van der Waals surface area contributed by atoms with Gasteiger partial charge in [0.05, 0.1) is 7.11 Å². The van der Waals surface area contributed by atoms with Crippen molar-refractivity contribution in [1.29, 1.82) is 0 Å². The lowest BCUT2D eigenvalue weighted by molar-refractivity contribution is 0.0692. The molecule has 0 spiro atoms. The number of carboxylic acids is 1. The third-order valence-corrected chi connectivity index (χ3v) is 2.69. The van der Waals surface area contributed by atoms with Gasteiger partial charge in [0, 0.05) is 10.9 Å². The number of carboxylic acid groups (broad SMARTS) is 1. The number of hydrogen-bond acceptors (Lipinski definition) is 5. The summed E-state index contributed by atoms with van der Waals surface area (Å²) in [4.78, 5) is 22.5. The summed E-state index contributed by atoms with van der Waals surface area (Å²) >= 11 is 0. The van der Waals surface area contributed by atoms with Crippen LogP contribution in [0, 0.1) is 6.92 Å². The molecule has 0 saturated carbocycles. The molecule has 2 rings (SSSR count). The number of carbonyl (C=O) groups is 1. The van der Waals surface area contributed by atoms with Crippen LogP contribution in [0.3, 0.4) is 0 Å². The minimum Gasteiger partial charge on any atom is -0.496 e. The van der Waals surface area contributed by atoms with Gasteiger partial charge in [0.15, 0.2) is 0 Å². The molecule has 1 aromatic heterocycles. The first-order valence-corrected chi connectivity index (χ1v) is 5.10. The van der Waals surface area contributed by atoms with Gasteiger partial charge in [-0.25, -0.2) is 9.59 Å². The van der Waals surface area contributed by atoms with Gasteiger partial charge >= 0.3 is 11.6 Å². The smallest absolute Gasteiger partial charge is 0.359 e. The van der Waals surface area contributed by atoms with E-state index in [9.17, 15) is 9.59 Å². The summed E-state index contributed by atoms with van der Waals surface area (Å²) in [6, 6.07) is 2.91. The number of anilines is 1. The van der Waals surface area contributed by atoms with Gasteiger partial charge in [-0.3, -0.25) is 0 Å². The van der Waals surface area contributed by atoms with E-state index in [1.807, 2.05) is 0 Å². The maximum absolute atomic E-state index is 11.4. The zero-order valence-corrected chi connectivity index (χ0v) is 9.81. The number of aromatic carboxylic acids is 1. The van der Waals surface area contributed by atoms with Crippen LogP contribution >= 0.6 is 0 Å². The number of rotatable bonds is 2. The molecule has 0 bridgehead atoms. The average molecular weight is 249 g/mol. The van der Waals surface area contributed by atoms with Crippen molar-refractivity contribution in [2.45, 2.75) is 6.92 Å². The predicted molar refractivity (Wildman–Crippen MR) is 65.1 cm³/mol. The molecule has 94 valence electrons. The molecule has 18 heavy (non-hydrogen) atoms. The van der Waals surface area contributed by atoms with Gasteiger partial charge in [0.1, 0.15) is 22.6 Å². The molecule has 0 atom stereocenters. The topological polar surface area (TPSA) is 103 Å². The van der Waals surface area contributed by atoms with E-state index >= 15 is 0 Å². The van der Waals surface area contributed by atoms with Crippen LogP contribution in [-0.4, -0.2) is 18.2 Å². The van der Waals surface area contributed by atoms with Gasteiger partial charge < -0.3 is 20.0 Å². The van der Waals surface area contributed by atoms with E-state index in [1.165, 1.54) is 19.2 Å². The fourth-order valence-electron chi connectivity index (χ4n) is 1.84. The van der Waals surface area contributed by atoms with E-state index in [2.05, 4.69) is 0 Å². The molecule has 0 aliphatic carbocycles. The molecule has 0 aliphatic heterocycles. The molecule has 0 unspecified atom stereocenters. The normalized spacial score (nSPS) is 10.6. The molecule has 0 saturated heterocycles. The Kier molecular flexibility index (Phi) is 2.70. The molecule has 1 heterocycles. The average Bonchev–Trinajstić information content (AvgIpc) is 2.30. The van der Waals surface area contributed by atoms with Crippen LogP contribution in [0.4, 0.5) is 5.69 Å². The summed E-state index contributed by atoms with van der Waals surface area (Å²) in [6.45, 7) is 1.55. The molecule has 3 N–H and O–H groups in total. The minimum absolute atomic E-state index is 0.0297. The monoisotopic (exact) mass is 249 g/mol. The van der Waals surface area contributed by atoms with Crippen LogP contribution in [-0.2, 0) is 0 Å². The van der Waals surface area contributed by atoms with Crippen molar-refractivity contribution in [3.63, 3.8) is 0 Å². The second kappa shape index (κ2) is 4.06. The Morgan fingerprint density at radius 1 is 1.44 bits per heavy atom. The first-order chi connectivity index (χ1) is 8.45.